The van der Waals surface area contributed by atoms with Crippen LogP contribution in [-0.4, -0.2) is 17.6 Å². The lowest BCUT2D eigenvalue weighted by atomic mass is 10.2. The molecule has 1 aliphatic heterocycles. The van der Waals surface area contributed by atoms with Crippen molar-refractivity contribution in [2.24, 2.45) is 0 Å². The average Bonchev–Trinajstić information content (AvgIpc) is 3.01. The van der Waals surface area contributed by atoms with Crippen LogP contribution in [0.1, 0.15) is 5.56 Å². The minimum Gasteiger partial charge on any atom is -0.454 e. The van der Waals surface area contributed by atoms with Crippen molar-refractivity contribution in [3.8, 4) is 11.5 Å². The molecule has 0 saturated heterocycles. The van der Waals surface area contributed by atoms with Crippen LogP contribution >= 0.6 is 11.6 Å². The molecule has 0 aromatic heterocycles. The highest BCUT2D eigenvalue weighted by atomic mass is 35.5. The molecule has 3 rings (SSSR count). The third kappa shape index (κ3) is 3.47. The maximum absolute atomic E-state index is 11.9. The molecule has 1 N–H and O–H groups in total. The van der Waals surface area contributed by atoms with Crippen molar-refractivity contribution in [1.29, 1.82) is 0 Å². The first kappa shape index (κ1) is 15.8. The summed E-state index contributed by atoms with van der Waals surface area (Å²) in [6.07, 6.45) is 2.74. The number of hydrogen-bond donors (Lipinski definition) is 1. The second-order valence-corrected chi connectivity index (χ2v) is 5.27. The number of halogens is 1. The van der Waals surface area contributed by atoms with Gasteiger partial charge in [-0.3, -0.25) is 14.9 Å². The average molecular weight is 347 g/mol. The Morgan fingerprint density at radius 3 is 2.79 bits per heavy atom. The van der Waals surface area contributed by atoms with E-state index in [0.29, 0.717) is 22.7 Å². The predicted octanol–water partition coefficient (Wildman–Crippen LogP) is 3.63. The summed E-state index contributed by atoms with van der Waals surface area (Å²) < 4.78 is 10.4. The molecule has 8 heteroatoms. The lowest BCUT2D eigenvalue weighted by Gasteiger charge is -2.03. The van der Waals surface area contributed by atoms with E-state index in [1.54, 1.807) is 24.3 Å². The quantitative estimate of drug-likeness (QED) is 0.518. The summed E-state index contributed by atoms with van der Waals surface area (Å²) >= 11 is 5.74. The molecular weight excluding hydrogens is 336 g/mol. The summed E-state index contributed by atoms with van der Waals surface area (Å²) in [6, 6.07) is 9.33. The van der Waals surface area contributed by atoms with E-state index in [4.69, 9.17) is 21.1 Å². The molecular formula is C16H11ClN2O5. The van der Waals surface area contributed by atoms with E-state index in [-0.39, 0.29) is 23.4 Å². The van der Waals surface area contributed by atoms with Gasteiger partial charge in [-0.2, -0.15) is 0 Å². The fourth-order valence-electron chi connectivity index (χ4n) is 2.10. The van der Waals surface area contributed by atoms with Crippen LogP contribution in [0.15, 0.2) is 42.5 Å². The van der Waals surface area contributed by atoms with Gasteiger partial charge in [0, 0.05) is 23.9 Å². The van der Waals surface area contributed by atoms with Gasteiger partial charge in [0.1, 0.15) is 5.02 Å². The standard InChI is InChI=1S/C16H11ClN2O5/c17-12-4-1-10(7-13(12)19(21)22)2-6-16(20)18-11-3-5-14-15(8-11)24-9-23-14/h1-8H,9H2,(H,18,20)/b6-2+. The van der Waals surface area contributed by atoms with Gasteiger partial charge in [-0.15, -0.1) is 0 Å². The van der Waals surface area contributed by atoms with Crippen LogP contribution < -0.4 is 14.8 Å². The highest BCUT2D eigenvalue weighted by Gasteiger charge is 2.14. The number of fused-ring (bicyclic) bond motifs is 1. The molecule has 0 atom stereocenters. The molecule has 1 aliphatic rings. The summed E-state index contributed by atoms with van der Waals surface area (Å²) in [5, 5.41) is 13.6. The Balaban J connectivity index is 1.69. The van der Waals surface area contributed by atoms with Crippen LogP contribution in [0.2, 0.25) is 5.02 Å². The number of hydrogen-bond acceptors (Lipinski definition) is 5. The predicted molar refractivity (Wildman–Crippen MR) is 88.3 cm³/mol. The van der Waals surface area contributed by atoms with E-state index in [1.807, 2.05) is 0 Å². The number of benzene rings is 2. The zero-order valence-corrected chi connectivity index (χ0v) is 12.9. The van der Waals surface area contributed by atoms with Crippen LogP contribution in [0.25, 0.3) is 6.08 Å². The summed E-state index contributed by atoms with van der Waals surface area (Å²) in [5.74, 6) is 0.800. The van der Waals surface area contributed by atoms with Gasteiger partial charge in [0.2, 0.25) is 12.7 Å². The monoisotopic (exact) mass is 346 g/mol. The highest BCUT2D eigenvalue weighted by Crippen LogP contribution is 2.34. The summed E-state index contributed by atoms with van der Waals surface area (Å²) in [4.78, 5) is 22.2. The Bertz CT molecular complexity index is 850. The maximum Gasteiger partial charge on any atom is 0.288 e. The topological polar surface area (TPSA) is 90.7 Å². The number of nitrogens with zero attached hydrogens (tertiary/aromatic N) is 1. The smallest absolute Gasteiger partial charge is 0.288 e. The Morgan fingerprint density at radius 2 is 2.00 bits per heavy atom. The molecule has 0 aliphatic carbocycles. The Labute approximate surface area is 141 Å². The van der Waals surface area contributed by atoms with Gasteiger partial charge in [0.05, 0.1) is 4.92 Å². The molecule has 1 amide bonds. The molecule has 0 unspecified atom stereocenters. The van der Waals surface area contributed by atoms with Crippen molar-refractivity contribution < 1.29 is 19.2 Å². The Hall–Kier alpha value is -3.06. The lowest BCUT2D eigenvalue weighted by molar-refractivity contribution is -0.384. The van der Waals surface area contributed by atoms with Crippen molar-refractivity contribution in [3.05, 3.63) is 63.2 Å². The molecule has 0 fully saturated rings. The molecule has 2 aromatic rings. The molecule has 0 saturated carbocycles. The van der Waals surface area contributed by atoms with Gasteiger partial charge in [-0.05, 0) is 29.8 Å². The van der Waals surface area contributed by atoms with E-state index >= 15 is 0 Å². The molecule has 1 heterocycles. The number of nitro groups is 1. The van der Waals surface area contributed by atoms with E-state index in [2.05, 4.69) is 5.32 Å². The highest BCUT2D eigenvalue weighted by molar-refractivity contribution is 6.32. The van der Waals surface area contributed by atoms with Crippen molar-refractivity contribution in [2.45, 2.75) is 0 Å². The number of carbonyl (C=O) groups is 1. The number of nitro benzene ring substituents is 1. The van der Waals surface area contributed by atoms with Crippen LogP contribution in [0.5, 0.6) is 11.5 Å². The molecule has 0 radical (unpaired) electrons. The largest absolute Gasteiger partial charge is 0.454 e. The molecule has 24 heavy (non-hydrogen) atoms. The molecule has 7 nitrogen and oxygen atoms in total. The van der Waals surface area contributed by atoms with Gasteiger partial charge < -0.3 is 14.8 Å². The van der Waals surface area contributed by atoms with Crippen LogP contribution in [0.4, 0.5) is 11.4 Å². The van der Waals surface area contributed by atoms with Crippen LogP contribution in [-0.2, 0) is 4.79 Å². The number of amides is 1. The van der Waals surface area contributed by atoms with E-state index in [1.165, 1.54) is 24.3 Å². The minimum atomic E-state index is -0.577. The van der Waals surface area contributed by atoms with Gasteiger partial charge in [0.15, 0.2) is 11.5 Å². The fraction of sp³-hybridized carbons (Fsp3) is 0.0625. The van der Waals surface area contributed by atoms with Crippen molar-refractivity contribution >= 4 is 35.0 Å². The normalized spacial score (nSPS) is 12.4. The summed E-state index contributed by atoms with van der Waals surface area (Å²) in [5.41, 5.74) is 0.831. The van der Waals surface area contributed by atoms with E-state index in [0.717, 1.165) is 0 Å². The fourth-order valence-corrected chi connectivity index (χ4v) is 2.29. The first-order valence-electron chi connectivity index (χ1n) is 6.85. The number of nitrogens with one attached hydrogen (secondary N) is 1. The molecule has 122 valence electrons. The van der Waals surface area contributed by atoms with Crippen molar-refractivity contribution in [3.63, 3.8) is 0 Å². The number of carbonyl (C=O) groups excluding carboxylic acids is 1. The first-order chi connectivity index (χ1) is 11.5. The Morgan fingerprint density at radius 1 is 1.21 bits per heavy atom. The first-order valence-corrected chi connectivity index (χ1v) is 7.23. The zero-order chi connectivity index (χ0) is 17.1. The zero-order valence-electron chi connectivity index (χ0n) is 12.2. The number of anilines is 1. The third-order valence-electron chi connectivity index (χ3n) is 3.23. The van der Waals surface area contributed by atoms with Crippen LogP contribution in [0, 0.1) is 10.1 Å². The van der Waals surface area contributed by atoms with Crippen molar-refractivity contribution in [2.75, 3.05) is 12.1 Å². The van der Waals surface area contributed by atoms with Gasteiger partial charge >= 0.3 is 0 Å². The van der Waals surface area contributed by atoms with E-state index in [9.17, 15) is 14.9 Å². The minimum absolute atomic E-state index is 0.0435. The SMILES string of the molecule is O=C(/C=C/c1ccc(Cl)c([N+](=O)[O-])c1)Nc1ccc2c(c1)OCO2. The van der Waals surface area contributed by atoms with Crippen LogP contribution in [0.3, 0.4) is 0 Å². The number of ether oxygens (including phenoxy) is 2. The third-order valence-corrected chi connectivity index (χ3v) is 3.55. The van der Waals surface area contributed by atoms with Gasteiger partial charge in [0.25, 0.3) is 5.69 Å². The van der Waals surface area contributed by atoms with Gasteiger partial charge in [-0.25, -0.2) is 0 Å². The summed E-state index contributed by atoms with van der Waals surface area (Å²) in [6.45, 7) is 0.155. The molecule has 0 spiro atoms. The van der Waals surface area contributed by atoms with E-state index < -0.39 is 4.92 Å². The lowest BCUT2D eigenvalue weighted by Crippen LogP contribution is -2.07. The maximum atomic E-state index is 11.9. The summed E-state index contributed by atoms with van der Waals surface area (Å²) in [7, 11) is 0. The number of rotatable bonds is 4. The second kappa shape index (κ2) is 6.59. The molecule has 0 bridgehead atoms. The van der Waals surface area contributed by atoms with Gasteiger partial charge in [-0.1, -0.05) is 17.7 Å². The van der Waals surface area contributed by atoms with Crippen molar-refractivity contribution in [1.82, 2.24) is 0 Å². The second-order valence-electron chi connectivity index (χ2n) is 4.86. The Kier molecular flexibility index (Phi) is 4.35. The molecule has 2 aromatic carbocycles.